The van der Waals surface area contributed by atoms with Crippen molar-refractivity contribution < 1.29 is 8.83 Å². The Kier molecular flexibility index (Phi) is 2.11. The van der Waals surface area contributed by atoms with Gasteiger partial charge in [-0.15, -0.1) is 0 Å². The number of hydrogen-bond acceptors (Lipinski definition) is 5. The number of fused-ring (bicyclic) bond motifs is 3. The van der Waals surface area contributed by atoms with Crippen molar-refractivity contribution in [1.29, 1.82) is 0 Å². The van der Waals surface area contributed by atoms with Crippen LogP contribution < -0.4 is 10.9 Å². The molecule has 0 saturated heterocycles. The molecule has 0 aliphatic rings. The van der Waals surface area contributed by atoms with Gasteiger partial charge in [0, 0.05) is 6.54 Å². The monoisotopic (exact) mass is 230 g/mol. The predicted molar refractivity (Wildman–Crippen MR) is 64.2 cm³/mol. The molecule has 0 aliphatic carbocycles. The Labute approximate surface area is 96.1 Å². The molecule has 1 N–H and O–H groups in total. The topological polar surface area (TPSA) is 68.3 Å². The van der Waals surface area contributed by atoms with Crippen LogP contribution in [-0.4, -0.2) is 11.5 Å². The van der Waals surface area contributed by atoms with Gasteiger partial charge in [0.2, 0.25) is 0 Å². The first-order valence-corrected chi connectivity index (χ1v) is 5.36. The molecule has 0 atom stereocenters. The van der Waals surface area contributed by atoms with E-state index >= 15 is 0 Å². The fraction of sp³-hybridized carbons (Fsp3) is 0.167. The van der Waals surface area contributed by atoms with Crippen molar-refractivity contribution in [2.24, 2.45) is 0 Å². The number of hydrogen-bond donors (Lipinski definition) is 1. The molecule has 17 heavy (non-hydrogen) atoms. The summed E-state index contributed by atoms with van der Waals surface area (Å²) in [6.45, 7) is 2.60. The zero-order valence-corrected chi connectivity index (χ0v) is 9.19. The highest BCUT2D eigenvalue weighted by atomic mass is 16.4. The van der Waals surface area contributed by atoms with Crippen LogP contribution in [0.5, 0.6) is 0 Å². The fourth-order valence-corrected chi connectivity index (χ4v) is 1.76. The van der Waals surface area contributed by atoms with Crippen molar-refractivity contribution in [2.45, 2.75) is 6.92 Å². The SMILES string of the molecule is CCNc1nc2c(=O)oc3ccccc3c2o1. The molecule has 3 rings (SSSR count). The van der Waals surface area contributed by atoms with E-state index in [-0.39, 0.29) is 5.52 Å². The molecule has 0 radical (unpaired) electrons. The van der Waals surface area contributed by atoms with Gasteiger partial charge in [0.25, 0.3) is 6.01 Å². The summed E-state index contributed by atoms with van der Waals surface area (Å²) in [4.78, 5) is 15.8. The van der Waals surface area contributed by atoms with E-state index in [1.807, 2.05) is 19.1 Å². The number of nitrogens with zero attached hydrogens (tertiary/aromatic N) is 1. The van der Waals surface area contributed by atoms with Gasteiger partial charge < -0.3 is 14.2 Å². The van der Waals surface area contributed by atoms with E-state index in [1.165, 1.54) is 0 Å². The standard InChI is InChI=1S/C12H10N2O3/c1-2-13-12-14-9-10(17-12)7-5-3-4-6-8(7)16-11(9)15/h3-6H,2H2,1H3,(H,13,14). The van der Waals surface area contributed by atoms with E-state index in [4.69, 9.17) is 8.83 Å². The van der Waals surface area contributed by atoms with E-state index in [2.05, 4.69) is 10.3 Å². The maximum Gasteiger partial charge on any atom is 0.366 e. The molecule has 0 spiro atoms. The van der Waals surface area contributed by atoms with Gasteiger partial charge in [0.05, 0.1) is 5.39 Å². The Morgan fingerprint density at radius 3 is 2.94 bits per heavy atom. The van der Waals surface area contributed by atoms with Crippen LogP contribution in [-0.2, 0) is 0 Å². The summed E-state index contributed by atoms with van der Waals surface area (Å²) < 4.78 is 10.7. The number of aromatic nitrogens is 1. The van der Waals surface area contributed by atoms with Crippen LogP contribution in [0.15, 0.2) is 37.9 Å². The Balaban J connectivity index is 2.43. The summed E-state index contributed by atoms with van der Waals surface area (Å²) >= 11 is 0. The summed E-state index contributed by atoms with van der Waals surface area (Å²) in [6, 6.07) is 7.56. The third kappa shape index (κ3) is 1.47. The highest BCUT2D eigenvalue weighted by Gasteiger charge is 2.14. The number of oxazole rings is 1. The van der Waals surface area contributed by atoms with Gasteiger partial charge in [0.15, 0.2) is 11.1 Å². The third-order valence-corrected chi connectivity index (χ3v) is 2.48. The van der Waals surface area contributed by atoms with Crippen LogP contribution in [0.1, 0.15) is 6.92 Å². The number of para-hydroxylation sites is 1. The normalized spacial score (nSPS) is 11.1. The van der Waals surface area contributed by atoms with Crippen LogP contribution in [0.3, 0.4) is 0 Å². The van der Waals surface area contributed by atoms with Crippen molar-refractivity contribution in [3.63, 3.8) is 0 Å². The average Bonchev–Trinajstić information content (AvgIpc) is 2.74. The average molecular weight is 230 g/mol. The molecular formula is C12H10N2O3. The van der Waals surface area contributed by atoms with E-state index < -0.39 is 5.63 Å². The molecule has 0 bridgehead atoms. The fourth-order valence-electron chi connectivity index (χ4n) is 1.76. The van der Waals surface area contributed by atoms with Gasteiger partial charge in [-0.05, 0) is 19.1 Å². The Hall–Kier alpha value is -2.30. The molecule has 0 unspecified atom stereocenters. The quantitative estimate of drug-likeness (QED) is 0.684. The van der Waals surface area contributed by atoms with Crippen molar-refractivity contribution >= 4 is 28.1 Å². The maximum atomic E-state index is 11.7. The van der Waals surface area contributed by atoms with Gasteiger partial charge in [-0.2, -0.15) is 4.98 Å². The lowest BCUT2D eigenvalue weighted by molar-refractivity contribution is 0.565. The molecule has 0 amide bonds. The lowest BCUT2D eigenvalue weighted by Crippen LogP contribution is -2.00. The molecule has 1 aromatic carbocycles. The summed E-state index contributed by atoms with van der Waals surface area (Å²) in [6.07, 6.45) is 0. The zero-order chi connectivity index (χ0) is 11.8. The Morgan fingerprint density at radius 1 is 1.29 bits per heavy atom. The largest absolute Gasteiger partial charge is 0.422 e. The molecule has 2 aromatic heterocycles. The van der Waals surface area contributed by atoms with Crippen LogP contribution in [0, 0.1) is 0 Å². The summed E-state index contributed by atoms with van der Waals surface area (Å²) in [5, 5.41) is 3.68. The minimum atomic E-state index is -0.480. The van der Waals surface area contributed by atoms with Gasteiger partial charge in [-0.3, -0.25) is 0 Å². The van der Waals surface area contributed by atoms with Crippen molar-refractivity contribution in [1.82, 2.24) is 4.98 Å². The zero-order valence-electron chi connectivity index (χ0n) is 9.19. The van der Waals surface area contributed by atoms with Crippen LogP contribution in [0.25, 0.3) is 22.1 Å². The summed E-state index contributed by atoms with van der Waals surface area (Å²) in [7, 11) is 0. The second-order valence-electron chi connectivity index (χ2n) is 3.61. The number of anilines is 1. The first-order valence-electron chi connectivity index (χ1n) is 5.36. The Morgan fingerprint density at radius 2 is 2.12 bits per heavy atom. The highest BCUT2D eigenvalue weighted by Crippen LogP contribution is 2.24. The molecule has 5 nitrogen and oxygen atoms in total. The first-order chi connectivity index (χ1) is 8.29. The van der Waals surface area contributed by atoms with Crippen molar-refractivity contribution in [3.8, 4) is 0 Å². The van der Waals surface area contributed by atoms with E-state index in [1.54, 1.807) is 12.1 Å². The number of rotatable bonds is 2. The minimum absolute atomic E-state index is 0.222. The van der Waals surface area contributed by atoms with Gasteiger partial charge in [-0.25, -0.2) is 4.79 Å². The van der Waals surface area contributed by atoms with Gasteiger partial charge in [-0.1, -0.05) is 12.1 Å². The molecule has 0 saturated carbocycles. The minimum Gasteiger partial charge on any atom is -0.422 e. The second-order valence-corrected chi connectivity index (χ2v) is 3.61. The van der Waals surface area contributed by atoms with Crippen molar-refractivity contribution in [2.75, 3.05) is 11.9 Å². The van der Waals surface area contributed by atoms with Crippen LogP contribution in [0.2, 0.25) is 0 Å². The van der Waals surface area contributed by atoms with Gasteiger partial charge in [0.1, 0.15) is 5.58 Å². The first kappa shape index (κ1) is 9.89. The lowest BCUT2D eigenvalue weighted by Gasteiger charge is -1.94. The molecule has 86 valence electrons. The third-order valence-electron chi connectivity index (χ3n) is 2.48. The smallest absolute Gasteiger partial charge is 0.366 e. The summed E-state index contributed by atoms with van der Waals surface area (Å²) in [5.41, 5.74) is 0.711. The molecular weight excluding hydrogens is 220 g/mol. The lowest BCUT2D eigenvalue weighted by atomic mass is 10.2. The summed E-state index contributed by atoms with van der Waals surface area (Å²) in [5.74, 6) is 0. The number of benzene rings is 1. The predicted octanol–water partition coefficient (Wildman–Crippen LogP) is 2.37. The second kappa shape index (κ2) is 3.62. The highest BCUT2D eigenvalue weighted by molar-refractivity contribution is 5.99. The number of nitrogens with one attached hydrogen (secondary N) is 1. The van der Waals surface area contributed by atoms with Gasteiger partial charge >= 0.3 is 5.63 Å². The molecule has 3 aromatic rings. The van der Waals surface area contributed by atoms with E-state index in [0.717, 1.165) is 5.39 Å². The van der Waals surface area contributed by atoms with Crippen LogP contribution in [0.4, 0.5) is 6.01 Å². The molecule has 0 aliphatic heterocycles. The molecule has 5 heteroatoms. The molecule has 2 heterocycles. The maximum absolute atomic E-state index is 11.7. The van der Waals surface area contributed by atoms with Crippen molar-refractivity contribution in [3.05, 3.63) is 34.7 Å². The Bertz CT molecular complexity index is 742. The van der Waals surface area contributed by atoms with E-state index in [9.17, 15) is 4.79 Å². The van der Waals surface area contributed by atoms with E-state index in [0.29, 0.717) is 23.7 Å². The van der Waals surface area contributed by atoms with Crippen LogP contribution >= 0.6 is 0 Å². The molecule has 0 fully saturated rings.